The van der Waals surface area contributed by atoms with Gasteiger partial charge in [0, 0.05) is 6.54 Å². The van der Waals surface area contributed by atoms with Crippen molar-refractivity contribution in [1.29, 1.82) is 0 Å². The molecule has 0 atom stereocenters. The van der Waals surface area contributed by atoms with Crippen LogP contribution in [-0.2, 0) is 6.54 Å². The van der Waals surface area contributed by atoms with Gasteiger partial charge in [0.2, 0.25) is 0 Å². The lowest BCUT2D eigenvalue weighted by atomic mass is 10.1. The van der Waals surface area contributed by atoms with Gasteiger partial charge in [-0.3, -0.25) is 0 Å². The van der Waals surface area contributed by atoms with Gasteiger partial charge in [-0.25, -0.2) is 4.98 Å². The molecule has 1 aromatic heterocycles. The summed E-state index contributed by atoms with van der Waals surface area (Å²) in [5.74, 6) is 2.06. The summed E-state index contributed by atoms with van der Waals surface area (Å²) in [6.45, 7) is 0.618. The highest BCUT2D eigenvalue weighted by Gasteiger charge is 2.19. The lowest BCUT2D eigenvalue weighted by molar-refractivity contribution is 0.394. The maximum atomic E-state index is 5.48. The Morgan fingerprint density at radius 2 is 1.89 bits per heavy atom. The van der Waals surface area contributed by atoms with Crippen molar-refractivity contribution in [2.24, 2.45) is 0 Å². The van der Waals surface area contributed by atoms with E-state index in [2.05, 4.69) is 10.3 Å². The van der Waals surface area contributed by atoms with Gasteiger partial charge < -0.3 is 19.2 Å². The standard InChI is InChI=1S/C13H16N2O3/c1-14-7-9-13(18-8-15-9)12-10(16-2)5-4-6-11(12)17-3/h4-6,8,14H,7H2,1-3H3. The third-order valence-electron chi connectivity index (χ3n) is 2.64. The van der Waals surface area contributed by atoms with Gasteiger partial charge in [-0.2, -0.15) is 0 Å². The van der Waals surface area contributed by atoms with Gasteiger partial charge in [-0.15, -0.1) is 0 Å². The molecule has 5 heteroatoms. The molecule has 1 heterocycles. The van der Waals surface area contributed by atoms with Crippen molar-refractivity contribution in [2.45, 2.75) is 6.54 Å². The van der Waals surface area contributed by atoms with Gasteiger partial charge >= 0.3 is 0 Å². The summed E-state index contributed by atoms with van der Waals surface area (Å²) >= 11 is 0. The zero-order valence-corrected chi connectivity index (χ0v) is 10.7. The average Bonchev–Trinajstić information content (AvgIpc) is 2.86. The van der Waals surface area contributed by atoms with Crippen LogP contribution in [0.15, 0.2) is 29.0 Å². The van der Waals surface area contributed by atoms with Crippen LogP contribution >= 0.6 is 0 Å². The highest BCUT2D eigenvalue weighted by Crippen LogP contribution is 2.39. The van der Waals surface area contributed by atoms with E-state index in [0.29, 0.717) is 23.8 Å². The number of rotatable bonds is 5. The summed E-state index contributed by atoms with van der Waals surface area (Å²) in [5.41, 5.74) is 1.60. The third kappa shape index (κ3) is 2.17. The zero-order valence-electron chi connectivity index (χ0n) is 10.7. The van der Waals surface area contributed by atoms with Gasteiger partial charge in [0.1, 0.15) is 22.8 Å². The fourth-order valence-corrected chi connectivity index (χ4v) is 1.84. The normalized spacial score (nSPS) is 10.4. The fourth-order valence-electron chi connectivity index (χ4n) is 1.84. The number of methoxy groups -OCH3 is 2. The number of hydrogen-bond donors (Lipinski definition) is 1. The molecule has 0 saturated heterocycles. The molecular formula is C13H16N2O3. The number of benzene rings is 1. The molecule has 0 aliphatic rings. The predicted octanol–water partition coefficient (Wildman–Crippen LogP) is 2.08. The van der Waals surface area contributed by atoms with Gasteiger partial charge in [-0.1, -0.05) is 6.07 Å². The van der Waals surface area contributed by atoms with Crippen LogP contribution in [0.5, 0.6) is 11.5 Å². The summed E-state index contributed by atoms with van der Waals surface area (Å²) in [5, 5.41) is 3.05. The first-order chi connectivity index (χ1) is 8.81. The van der Waals surface area contributed by atoms with Crippen molar-refractivity contribution >= 4 is 0 Å². The second kappa shape index (κ2) is 5.55. The van der Waals surface area contributed by atoms with Crippen molar-refractivity contribution in [1.82, 2.24) is 10.3 Å². The van der Waals surface area contributed by atoms with Crippen molar-refractivity contribution in [3.63, 3.8) is 0 Å². The summed E-state index contributed by atoms with van der Waals surface area (Å²) in [4.78, 5) is 4.19. The Balaban J connectivity index is 2.57. The van der Waals surface area contributed by atoms with Gasteiger partial charge in [-0.05, 0) is 19.2 Å². The van der Waals surface area contributed by atoms with E-state index < -0.39 is 0 Å². The molecule has 1 aromatic carbocycles. The van der Waals surface area contributed by atoms with Gasteiger partial charge in [0.15, 0.2) is 12.2 Å². The number of nitrogens with one attached hydrogen (secondary N) is 1. The highest BCUT2D eigenvalue weighted by molar-refractivity contribution is 5.74. The van der Waals surface area contributed by atoms with E-state index in [1.807, 2.05) is 25.2 Å². The molecule has 0 fully saturated rings. The molecule has 0 aliphatic carbocycles. The molecule has 5 nitrogen and oxygen atoms in total. The number of hydrogen-bond acceptors (Lipinski definition) is 5. The average molecular weight is 248 g/mol. The molecule has 0 saturated carbocycles. The van der Waals surface area contributed by atoms with E-state index in [4.69, 9.17) is 13.9 Å². The molecular weight excluding hydrogens is 232 g/mol. The minimum Gasteiger partial charge on any atom is -0.496 e. The Morgan fingerprint density at radius 1 is 1.22 bits per heavy atom. The molecule has 0 bridgehead atoms. The van der Waals surface area contributed by atoms with Crippen LogP contribution < -0.4 is 14.8 Å². The minimum atomic E-state index is 0.618. The van der Waals surface area contributed by atoms with Crippen LogP contribution in [0, 0.1) is 0 Å². The number of ether oxygens (including phenoxy) is 2. The first-order valence-electron chi connectivity index (χ1n) is 5.60. The second-order valence-corrected chi connectivity index (χ2v) is 3.70. The fraction of sp³-hybridized carbons (Fsp3) is 0.308. The van der Waals surface area contributed by atoms with Crippen molar-refractivity contribution in [3.05, 3.63) is 30.3 Å². The minimum absolute atomic E-state index is 0.618. The first kappa shape index (κ1) is 12.4. The molecule has 0 aliphatic heterocycles. The monoisotopic (exact) mass is 248 g/mol. The van der Waals surface area contributed by atoms with Crippen molar-refractivity contribution < 1.29 is 13.9 Å². The van der Waals surface area contributed by atoms with E-state index in [1.54, 1.807) is 14.2 Å². The molecule has 1 N–H and O–H groups in total. The highest BCUT2D eigenvalue weighted by atomic mass is 16.5. The van der Waals surface area contributed by atoms with Crippen LogP contribution in [0.25, 0.3) is 11.3 Å². The quantitative estimate of drug-likeness (QED) is 0.878. The van der Waals surface area contributed by atoms with Crippen LogP contribution in [-0.4, -0.2) is 26.3 Å². The third-order valence-corrected chi connectivity index (χ3v) is 2.64. The van der Waals surface area contributed by atoms with E-state index in [-0.39, 0.29) is 0 Å². The molecule has 0 radical (unpaired) electrons. The van der Waals surface area contributed by atoms with Crippen LogP contribution in [0.2, 0.25) is 0 Å². The first-order valence-corrected chi connectivity index (χ1v) is 5.60. The van der Waals surface area contributed by atoms with E-state index >= 15 is 0 Å². The van der Waals surface area contributed by atoms with Crippen molar-refractivity contribution in [3.8, 4) is 22.8 Å². The molecule has 18 heavy (non-hydrogen) atoms. The molecule has 0 amide bonds. The number of nitrogens with zero attached hydrogens (tertiary/aromatic N) is 1. The Kier molecular flexibility index (Phi) is 3.84. The second-order valence-electron chi connectivity index (χ2n) is 3.70. The molecule has 2 rings (SSSR count). The van der Waals surface area contributed by atoms with Crippen LogP contribution in [0.4, 0.5) is 0 Å². The van der Waals surface area contributed by atoms with Crippen LogP contribution in [0.3, 0.4) is 0 Å². The molecule has 0 spiro atoms. The largest absolute Gasteiger partial charge is 0.496 e. The number of aromatic nitrogens is 1. The SMILES string of the molecule is CNCc1ncoc1-c1c(OC)cccc1OC. The Morgan fingerprint density at radius 3 is 2.44 bits per heavy atom. The Labute approximate surface area is 106 Å². The van der Waals surface area contributed by atoms with E-state index in [1.165, 1.54) is 6.39 Å². The lowest BCUT2D eigenvalue weighted by Crippen LogP contribution is -2.06. The summed E-state index contributed by atoms with van der Waals surface area (Å²) in [6, 6.07) is 5.60. The number of oxazole rings is 1. The Hall–Kier alpha value is -2.01. The predicted molar refractivity (Wildman–Crippen MR) is 67.8 cm³/mol. The van der Waals surface area contributed by atoms with Gasteiger partial charge in [0.25, 0.3) is 0 Å². The smallest absolute Gasteiger partial charge is 0.181 e. The Bertz CT molecular complexity index is 500. The lowest BCUT2D eigenvalue weighted by Gasteiger charge is -2.11. The molecule has 0 unspecified atom stereocenters. The van der Waals surface area contributed by atoms with Crippen LogP contribution in [0.1, 0.15) is 5.69 Å². The summed E-state index contributed by atoms with van der Waals surface area (Å²) in [7, 11) is 5.09. The molecule has 96 valence electrons. The van der Waals surface area contributed by atoms with E-state index in [9.17, 15) is 0 Å². The summed E-state index contributed by atoms with van der Waals surface area (Å²) in [6.07, 6.45) is 1.42. The maximum Gasteiger partial charge on any atom is 0.181 e. The van der Waals surface area contributed by atoms with Gasteiger partial charge in [0.05, 0.1) is 14.2 Å². The summed E-state index contributed by atoms with van der Waals surface area (Å²) < 4.78 is 16.2. The van der Waals surface area contributed by atoms with E-state index in [0.717, 1.165) is 11.3 Å². The topological polar surface area (TPSA) is 56.5 Å². The van der Waals surface area contributed by atoms with Crippen molar-refractivity contribution in [2.75, 3.05) is 21.3 Å². The zero-order chi connectivity index (χ0) is 13.0. The molecule has 2 aromatic rings. The maximum absolute atomic E-state index is 5.48.